The van der Waals surface area contributed by atoms with E-state index in [-0.39, 0.29) is 5.41 Å². The second-order valence-corrected chi connectivity index (χ2v) is 4.88. The van der Waals surface area contributed by atoms with Crippen molar-refractivity contribution in [2.24, 2.45) is 11.1 Å². The summed E-state index contributed by atoms with van der Waals surface area (Å²) in [6.07, 6.45) is 0. The number of hydrogen-bond acceptors (Lipinski definition) is 4. The van der Waals surface area contributed by atoms with Crippen LogP contribution in [0.5, 0.6) is 0 Å². The van der Waals surface area contributed by atoms with Crippen LogP contribution in [-0.2, 0) is 6.54 Å². The number of nitrogens with two attached hydrogens (primary N) is 1. The van der Waals surface area contributed by atoms with Gasteiger partial charge in [0, 0.05) is 5.56 Å². The highest BCUT2D eigenvalue weighted by atomic mass is 15.6. The van der Waals surface area contributed by atoms with Gasteiger partial charge < -0.3 is 5.73 Å². The maximum Gasteiger partial charge on any atom is 0.204 e. The van der Waals surface area contributed by atoms with Crippen LogP contribution >= 0.6 is 0 Å². The highest BCUT2D eigenvalue weighted by Crippen LogP contribution is 2.16. The lowest BCUT2D eigenvalue weighted by Gasteiger charge is -2.20. The summed E-state index contributed by atoms with van der Waals surface area (Å²) >= 11 is 0. The molecule has 90 valence electrons. The lowest BCUT2D eigenvalue weighted by Crippen LogP contribution is -2.29. The first-order valence-corrected chi connectivity index (χ1v) is 5.64. The number of nitrogens with zero attached hydrogens (tertiary/aromatic N) is 4. The average Bonchev–Trinajstić information content (AvgIpc) is 2.78. The molecular formula is C12H17N5. The molecule has 0 saturated carbocycles. The Hall–Kier alpha value is -1.75. The average molecular weight is 231 g/mol. The summed E-state index contributed by atoms with van der Waals surface area (Å²) in [6.45, 7) is 5.43. The van der Waals surface area contributed by atoms with E-state index in [1.54, 1.807) is 4.80 Å². The van der Waals surface area contributed by atoms with Gasteiger partial charge in [0.05, 0.1) is 6.54 Å². The molecule has 0 atom stereocenters. The maximum atomic E-state index is 5.68. The quantitative estimate of drug-likeness (QED) is 0.861. The van der Waals surface area contributed by atoms with Crippen LogP contribution in [0.3, 0.4) is 0 Å². The molecule has 0 aliphatic carbocycles. The predicted molar refractivity (Wildman–Crippen MR) is 66.1 cm³/mol. The van der Waals surface area contributed by atoms with Crippen molar-refractivity contribution in [2.75, 3.05) is 6.54 Å². The summed E-state index contributed by atoms with van der Waals surface area (Å²) in [5, 5.41) is 12.4. The summed E-state index contributed by atoms with van der Waals surface area (Å²) in [6, 6.07) is 9.82. The Balaban J connectivity index is 2.17. The predicted octanol–water partition coefficient (Wildman–Crippen LogP) is 1.32. The third-order valence-corrected chi connectivity index (χ3v) is 2.61. The minimum atomic E-state index is -0.0192. The first kappa shape index (κ1) is 11.7. The molecule has 1 aromatic heterocycles. The Bertz CT molecular complexity index is 475. The van der Waals surface area contributed by atoms with Crippen LogP contribution in [0.4, 0.5) is 0 Å². The van der Waals surface area contributed by atoms with Crippen molar-refractivity contribution in [3.8, 4) is 11.4 Å². The molecule has 0 unspecified atom stereocenters. The van der Waals surface area contributed by atoms with Crippen molar-refractivity contribution >= 4 is 0 Å². The Morgan fingerprint density at radius 1 is 1.24 bits per heavy atom. The fourth-order valence-electron chi connectivity index (χ4n) is 1.46. The molecule has 0 spiro atoms. The van der Waals surface area contributed by atoms with E-state index in [1.165, 1.54) is 0 Å². The van der Waals surface area contributed by atoms with Gasteiger partial charge in [-0.1, -0.05) is 44.2 Å². The van der Waals surface area contributed by atoms with Crippen LogP contribution in [0.1, 0.15) is 13.8 Å². The van der Waals surface area contributed by atoms with Crippen molar-refractivity contribution in [1.29, 1.82) is 0 Å². The van der Waals surface area contributed by atoms with Crippen molar-refractivity contribution in [3.05, 3.63) is 30.3 Å². The minimum absolute atomic E-state index is 0.0192. The molecule has 0 aliphatic heterocycles. The topological polar surface area (TPSA) is 69.6 Å². The Morgan fingerprint density at radius 2 is 1.94 bits per heavy atom. The standard InChI is InChI=1S/C12H17N5/c1-12(2,8-13)9-17-15-11(14-16-17)10-6-4-3-5-7-10/h3-7H,8-9,13H2,1-2H3. The zero-order chi connectivity index (χ0) is 12.3. The van der Waals surface area contributed by atoms with E-state index in [1.807, 2.05) is 30.3 Å². The summed E-state index contributed by atoms with van der Waals surface area (Å²) in [5.41, 5.74) is 6.64. The van der Waals surface area contributed by atoms with E-state index in [4.69, 9.17) is 5.73 Å². The SMILES string of the molecule is CC(C)(CN)Cn1nnc(-c2ccccc2)n1. The molecule has 1 heterocycles. The molecule has 2 rings (SSSR count). The molecule has 5 heteroatoms. The number of benzene rings is 1. The van der Waals surface area contributed by atoms with Crippen molar-refractivity contribution in [3.63, 3.8) is 0 Å². The van der Waals surface area contributed by atoms with Crippen LogP contribution in [0.2, 0.25) is 0 Å². The van der Waals surface area contributed by atoms with Crippen LogP contribution in [-0.4, -0.2) is 26.8 Å². The molecular weight excluding hydrogens is 214 g/mol. The molecule has 0 saturated heterocycles. The monoisotopic (exact) mass is 231 g/mol. The molecule has 0 fully saturated rings. The number of aromatic nitrogens is 4. The summed E-state index contributed by atoms with van der Waals surface area (Å²) in [5.74, 6) is 0.651. The van der Waals surface area contributed by atoms with Gasteiger partial charge in [0.2, 0.25) is 5.82 Å². The fourth-order valence-corrected chi connectivity index (χ4v) is 1.46. The molecule has 0 bridgehead atoms. The molecule has 2 N–H and O–H groups in total. The second kappa shape index (κ2) is 4.63. The van der Waals surface area contributed by atoms with Crippen molar-refractivity contribution in [1.82, 2.24) is 20.2 Å². The summed E-state index contributed by atoms with van der Waals surface area (Å²) in [7, 11) is 0. The van der Waals surface area contributed by atoms with Crippen LogP contribution in [0, 0.1) is 5.41 Å². The van der Waals surface area contributed by atoms with Crippen LogP contribution in [0.15, 0.2) is 30.3 Å². The van der Waals surface area contributed by atoms with Gasteiger partial charge in [-0.15, -0.1) is 10.2 Å². The van der Waals surface area contributed by atoms with Gasteiger partial charge in [0.25, 0.3) is 0 Å². The normalized spacial score (nSPS) is 11.7. The first-order chi connectivity index (χ1) is 8.11. The van der Waals surface area contributed by atoms with Gasteiger partial charge in [0.1, 0.15) is 0 Å². The molecule has 0 amide bonds. The van der Waals surface area contributed by atoms with E-state index in [9.17, 15) is 0 Å². The fraction of sp³-hybridized carbons (Fsp3) is 0.417. The minimum Gasteiger partial charge on any atom is -0.330 e. The Kier molecular flexibility index (Phi) is 3.19. The van der Waals surface area contributed by atoms with E-state index in [0.717, 1.165) is 5.56 Å². The zero-order valence-electron chi connectivity index (χ0n) is 10.2. The van der Waals surface area contributed by atoms with Gasteiger partial charge >= 0.3 is 0 Å². The van der Waals surface area contributed by atoms with Gasteiger partial charge in [-0.2, -0.15) is 4.80 Å². The van der Waals surface area contributed by atoms with Gasteiger partial charge in [-0.05, 0) is 17.2 Å². The molecule has 17 heavy (non-hydrogen) atoms. The molecule has 1 aromatic carbocycles. The van der Waals surface area contributed by atoms with Crippen molar-refractivity contribution in [2.45, 2.75) is 20.4 Å². The molecule has 2 aromatic rings. The van der Waals surface area contributed by atoms with Gasteiger partial charge in [0.15, 0.2) is 0 Å². The Labute approximate surface area is 101 Å². The van der Waals surface area contributed by atoms with E-state index >= 15 is 0 Å². The van der Waals surface area contributed by atoms with Crippen molar-refractivity contribution < 1.29 is 0 Å². The molecule has 5 nitrogen and oxygen atoms in total. The lowest BCUT2D eigenvalue weighted by molar-refractivity contribution is 0.279. The molecule has 0 radical (unpaired) electrons. The highest BCUT2D eigenvalue weighted by Gasteiger charge is 2.18. The summed E-state index contributed by atoms with van der Waals surface area (Å²) in [4.78, 5) is 1.61. The largest absolute Gasteiger partial charge is 0.330 e. The van der Waals surface area contributed by atoms with Crippen LogP contribution in [0.25, 0.3) is 11.4 Å². The van der Waals surface area contributed by atoms with E-state index < -0.39 is 0 Å². The number of hydrogen-bond donors (Lipinski definition) is 1. The van der Waals surface area contributed by atoms with E-state index in [2.05, 4.69) is 29.3 Å². The maximum absolute atomic E-state index is 5.68. The smallest absolute Gasteiger partial charge is 0.204 e. The second-order valence-electron chi connectivity index (χ2n) is 4.88. The van der Waals surface area contributed by atoms with Gasteiger partial charge in [-0.25, -0.2) is 0 Å². The number of rotatable bonds is 4. The third kappa shape index (κ3) is 2.88. The number of tetrazole rings is 1. The molecule has 0 aliphatic rings. The summed E-state index contributed by atoms with van der Waals surface area (Å²) < 4.78 is 0. The first-order valence-electron chi connectivity index (χ1n) is 5.64. The van der Waals surface area contributed by atoms with Crippen LogP contribution < -0.4 is 5.73 Å². The lowest BCUT2D eigenvalue weighted by atomic mass is 9.94. The highest BCUT2D eigenvalue weighted by molar-refractivity contribution is 5.52. The zero-order valence-corrected chi connectivity index (χ0v) is 10.2. The third-order valence-electron chi connectivity index (χ3n) is 2.61. The van der Waals surface area contributed by atoms with Gasteiger partial charge in [-0.3, -0.25) is 0 Å². The van der Waals surface area contributed by atoms with E-state index in [0.29, 0.717) is 18.9 Å². The Morgan fingerprint density at radius 3 is 2.59 bits per heavy atom.